The molecule has 0 unspecified atom stereocenters. The summed E-state index contributed by atoms with van der Waals surface area (Å²) in [6.45, 7) is 4.33. The third-order valence-electron chi connectivity index (χ3n) is 4.77. The largest absolute Gasteiger partial charge is 0.302 e. The quantitative estimate of drug-likeness (QED) is 0.705. The summed E-state index contributed by atoms with van der Waals surface area (Å²) in [5, 5.41) is 8.20. The van der Waals surface area contributed by atoms with Crippen LogP contribution < -0.4 is 5.56 Å². The van der Waals surface area contributed by atoms with Crippen molar-refractivity contribution in [2.45, 2.75) is 32.4 Å². The van der Waals surface area contributed by atoms with Crippen molar-refractivity contribution in [2.75, 3.05) is 19.6 Å². The Balaban J connectivity index is 1.53. The van der Waals surface area contributed by atoms with Crippen molar-refractivity contribution < 1.29 is 0 Å². The Morgan fingerprint density at radius 3 is 2.60 bits per heavy atom. The van der Waals surface area contributed by atoms with Crippen molar-refractivity contribution in [2.24, 2.45) is 0 Å². The van der Waals surface area contributed by atoms with Crippen molar-refractivity contribution in [3.05, 3.63) is 52.6 Å². The van der Waals surface area contributed by atoms with Gasteiger partial charge in [-0.15, -0.1) is 5.10 Å². The molecule has 1 aliphatic heterocycles. The minimum absolute atomic E-state index is 0.110. The molecule has 7 heteroatoms. The van der Waals surface area contributed by atoms with Crippen LogP contribution in [0.3, 0.4) is 0 Å². The van der Waals surface area contributed by atoms with Crippen LogP contribution in [0.1, 0.15) is 24.8 Å². The molecule has 1 fully saturated rings. The molecule has 0 bridgehead atoms. The molecule has 1 saturated heterocycles. The van der Waals surface area contributed by atoms with Gasteiger partial charge in [-0.3, -0.25) is 9.36 Å². The van der Waals surface area contributed by atoms with Gasteiger partial charge in [0.25, 0.3) is 5.56 Å². The summed E-state index contributed by atoms with van der Waals surface area (Å²) in [5.74, 6) is 0. The van der Waals surface area contributed by atoms with E-state index in [1.165, 1.54) is 19.3 Å². The van der Waals surface area contributed by atoms with E-state index < -0.39 is 0 Å². The fraction of sp³-hybridized carbons (Fsp3) is 0.444. The van der Waals surface area contributed by atoms with Crippen LogP contribution in [-0.2, 0) is 13.1 Å². The maximum Gasteiger partial charge on any atom is 0.283 e. The number of hydrogen-bond donors (Lipinski definition) is 0. The summed E-state index contributed by atoms with van der Waals surface area (Å²) in [5.41, 5.74) is 1.88. The summed E-state index contributed by atoms with van der Waals surface area (Å²) >= 11 is 0. The normalized spacial score (nSPS) is 15.7. The number of rotatable bonds is 5. The van der Waals surface area contributed by atoms with Crippen LogP contribution in [0.4, 0.5) is 0 Å². The van der Waals surface area contributed by atoms with Crippen LogP contribution in [0, 0.1) is 0 Å². The van der Waals surface area contributed by atoms with Crippen LogP contribution in [0.5, 0.6) is 0 Å². The second-order valence-electron chi connectivity index (χ2n) is 6.55. The molecule has 7 nitrogen and oxygen atoms in total. The highest BCUT2D eigenvalue weighted by Crippen LogP contribution is 2.09. The van der Waals surface area contributed by atoms with E-state index in [-0.39, 0.29) is 5.56 Å². The Morgan fingerprint density at radius 2 is 1.80 bits per heavy atom. The molecular formula is C18H22N6O. The van der Waals surface area contributed by atoms with Gasteiger partial charge in [0, 0.05) is 13.1 Å². The van der Waals surface area contributed by atoms with Gasteiger partial charge in [-0.1, -0.05) is 42.0 Å². The van der Waals surface area contributed by atoms with Crippen LogP contribution in [0.15, 0.2) is 41.5 Å². The molecule has 25 heavy (non-hydrogen) atoms. The molecule has 3 heterocycles. The summed E-state index contributed by atoms with van der Waals surface area (Å²) in [6, 6.07) is 9.98. The van der Waals surface area contributed by atoms with Crippen LogP contribution >= 0.6 is 0 Å². The average molecular weight is 338 g/mol. The van der Waals surface area contributed by atoms with E-state index in [1.54, 1.807) is 15.6 Å². The zero-order valence-corrected chi connectivity index (χ0v) is 14.2. The van der Waals surface area contributed by atoms with Gasteiger partial charge in [0.1, 0.15) is 6.33 Å². The maximum atomic E-state index is 12.7. The SMILES string of the molecule is O=c1c2nnn(Cc3ccccc3)c2ncn1CCN1CCCCC1. The number of nitrogens with zero attached hydrogens (tertiary/aromatic N) is 6. The van der Waals surface area contributed by atoms with Gasteiger partial charge in [0.05, 0.1) is 6.54 Å². The standard InChI is InChI=1S/C18H22N6O/c25-18-16-17(24(21-20-16)13-15-7-3-1-4-8-15)19-14-23(18)12-11-22-9-5-2-6-10-22/h1,3-4,7-8,14H,2,5-6,9-13H2. The van der Waals surface area contributed by atoms with Gasteiger partial charge in [-0.25, -0.2) is 9.67 Å². The first kappa shape index (κ1) is 16.0. The summed E-state index contributed by atoms with van der Waals surface area (Å²) < 4.78 is 3.33. The van der Waals surface area contributed by atoms with Gasteiger partial charge >= 0.3 is 0 Å². The first-order valence-electron chi connectivity index (χ1n) is 8.86. The lowest BCUT2D eigenvalue weighted by molar-refractivity contribution is 0.220. The van der Waals surface area contributed by atoms with E-state index in [1.807, 2.05) is 30.3 Å². The molecule has 130 valence electrons. The first-order valence-corrected chi connectivity index (χ1v) is 8.86. The van der Waals surface area contributed by atoms with Gasteiger partial charge in [0.15, 0.2) is 11.2 Å². The van der Waals surface area contributed by atoms with Crippen molar-refractivity contribution in [1.82, 2.24) is 29.4 Å². The highest BCUT2D eigenvalue weighted by molar-refractivity contribution is 5.67. The summed E-state index contributed by atoms with van der Waals surface area (Å²) in [7, 11) is 0. The Morgan fingerprint density at radius 1 is 1.00 bits per heavy atom. The van der Waals surface area contributed by atoms with Gasteiger partial charge in [0.2, 0.25) is 0 Å². The van der Waals surface area contributed by atoms with E-state index in [0.717, 1.165) is 25.2 Å². The van der Waals surface area contributed by atoms with E-state index in [4.69, 9.17) is 0 Å². The highest BCUT2D eigenvalue weighted by atomic mass is 16.1. The van der Waals surface area contributed by atoms with E-state index in [0.29, 0.717) is 24.3 Å². The van der Waals surface area contributed by atoms with E-state index in [2.05, 4.69) is 20.2 Å². The Kier molecular flexibility index (Phi) is 4.56. The number of benzene rings is 1. The third-order valence-corrected chi connectivity index (χ3v) is 4.77. The zero-order valence-electron chi connectivity index (χ0n) is 14.2. The van der Waals surface area contributed by atoms with Gasteiger partial charge in [-0.05, 0) is 31.5 Å². The van der Waals surface area contributed by atoms with E-state index >= 15 is 0 Å². The second kappa shape index (κ2) is 7.14. The zero-order chi connectivity index (χ0) is 17.1. The van der Waals surface area contributed by atoms with Gasteiger partial charge < -0.3 is 4.90 Å². The molecule has 0 aliphatic carbocycles. The Labute approximate surface area is 145 Å². The van der Waals surface area contributed by atoms with Crippen molar-refractivity contribution in [3.8, 4) is 0 Å². The van der Waals surface area contributed by atoms with Crippen molar-refractivity contribution in [1.29, 1.82) is 0 Å². The monoisotopic (exact) mass is 338 g/mol. The average Bonchev–Trinajstić information content (AvgIpc) is 3.06. The molecule has 1 aliphatic rings. The topological polar surface area (TPSA) is 68.8 Å². The number of aromatic nitrogens is 5. The molecule has 0 atom stereocenters. The molecular weight excluding hydrogens is 316 g/mol. The lowest BCUT2D eigenvalue weighted by Crippen LogP contribution is -2.34. The molecule has 0 spiro atoms. The molecule has 0 radical (unpaired) electrons. The van der Waals surface area contributed by atoms with E-state index in [9.17, 15) is 4.79 Å². The third kappa shape index (κ3) is 3.46. The number of fused-ring (bicyclic) bond motifs is 1. The minimum atomic E-state index is -0.110. The second-order valence-corrected chi connectivity index (χ2v) is 6.55. The lowest BCUT2D eigenvalue weighted by atomic mass is 10.1. The number of hydrogen-bond acceptors (Lipinski definition) is 5. The predicted octanol–water partition coefficient (Wildman–Crippen LogP) is 1.52. The van der Waals surface area contributed by atoms with Crippen LogP contribution in [0.2, 0.25) is 0 Å². The van der Waals surface area contributed by atoms with Crippen molar-refractivity contribution in [3.63, 3.8) is 0 Å². The smallest absolute Gasteiger partial charge is 0.283 e. The molecule has 3 aromatic rings. The molecule has 0 N–H and O–H groups in total. The molecule has 4 rings (SSSR count). The highest BCUT2D eigenvalue weighted by Gasteiger charge is 2.14. The fourth-order valence-corrected chi connectivity index (χ4v) is 3.34. The first-order chi connectivity index (χ1) is 12.3. The Bertz CT molecular complexity index is 895. The molecule has 1 aromatic carbocycles. The molecule has 0 saturated carbocycles. The molecule has 2 aromatic heterocycles. The predicted molar refractivity (Wildman–Crippen MR) is 95.4 cm³/mol. The van der Waals surface area contributed by atoms with Crippen molar-refractivity contribution >= 4 is 11.2 Å². The number of likely N-dealkylation sites (tertiary alicyclic amines) is 1. The molecule has 0 amide bonds. The van der Waals surface area contributed by atoms with Crippen LogP contribution in [-0.4, -0.2) is 49.1 Å². The fourth-order valence-electron chi connectivity index (χ4n) is 3.34. The minimum Gasteiger partial charge on any atom is -0.302 e. The lowest BCUT2D eigenvalue weighted by Gasteiger charge is -2.26. The Hall–Kier alpha value is -2.54. The van der Waals surface area contributed by atoms with Gasteiger partial charge in [-0.2, -0.15) is 0 Å². The number of piperidine rings is 1. The maximum absolute atomic E-state index is 12.7. The van der Waals surface area contributed by atoms with Crippen LogP contribution in [0.25, 0.3) is 11.2 Å². The summed E-state index contributed by atoms with van der Waals surface area (Å²) in [4.78, 5) is 19.5. The summed E-state index contributed by atoms with van der Waals surface area (Å²) in [6.07, 6.45) is 5.44.